The van der Waals surface area contributed by atoms with Crippen molar-refractivity contribution in [3.05, 3.63) is 65.0 Å². The average molecular weight is 364 g/mol. The Morgan fingerprint density at radius 3 is 2.74 bits per heavy atom. The maximum Gasteiger partial charge on any atom is 0.255 e. The van der Waals surface area contributed by atoms with Crippen LogP contribution in [0.5, 0.6) is 0 Å². The normalized spacial score (nSPS) is 13.7. The smallest absolute Gasteiger partial charge is 0.255 e. The summed E-state index contributed by atoms with van der Waals surface area (Å²) in [5, 5.41) is 15.8. The average Bonchev–Trinajstić information content (AvgIpc) is 3.33. The van der Waals surface area contributed by atoms with Gasteiger partial charge in [0.15, 0.2) is 0 Å². The van der Waals surface area contributed by atoms with Crippen LogP contribution in [0.15, 0.2) is 36.7 Å². The van der Waals surface area contributed by atoms with Gasteiger partial charge in [0.25, 0.3) is 5.91 Å². The Balaban J connectivity index is 1.40. The number of carbonyl (C=O) groups is 1. The van der Waals surface area contributed by atoms with Gasteiger partial charge in [0.05, 0.1) is 17.8 Å². The lowest BCUT2D eigenvalue weighted by molar-refractivity contribution is 0.0951. The fraction of sp³-hybridized carbons (Fsp3) is 0.400. The molecule has 0 saturated heterocycles. The summed E-state index contributed by atoms with van der Waals surface area (Å²) in [5.74, 6) is 1.50. The van der Waals surface area contributed by atoms with E-state index in [2.05, 4.69) is 32.7 Å². The molecule has 2 heterocycles. The minimum atomic E-state index is -0.0784. The first-order chi connectivity index (χ1) is 13.1. The highest BCUT2D eigenvalue weighted by molar-refractivity contribution is 5.96. The van der Waals surface area contributed by atoms with Gasteiger partial charge in [-0.2, -0.15) is 5.10 Å². The highest BCUT2D eigenvalue weighted by Gasteiger charge is 2.28. The molecule has 7 nitrogen and oxygen atoms in total. The zero-order chi connectivity index (χ0) is 18.8. The standard InChI is InChI=1S/C20H24N6O/c1-14-18(15(2)26(24-14)12-16-6-4-3-5-7-16)20(27)21-10-11-25-13-22-23-19(25)17-8-9-17/h3-7,13,17H,8-12H2,1-2H3,(H,21,27). The molecule has 1 aromatic carbocycles. The Hall–Kier alpha value is -2.96. The summed E-state index contributed by atoms with van der Waals surface area (Å²) in [6, 6.07) is 10.1. The Bertz CT molecular complexity index is 939. The number of aromatic nitrogens is 5. The fourth-order valence-electron chi connectivity index (χ4n) is 3.41. The summed E-state index contributed by atoms with van der Waals surface area (Å²) in [5.41, 5.74) is 3.47. The third kappa shape index (κ3) is 3.77. The zero-order valence-electron chi connectivity index (χ0n) is 15.7. The molecule has 0 bridgehead atoms. The number of rotatable bonds is 7. The molecule has 0 spiro atoms. The molecule has 1 aliphatic carbocycles. The van der Waals surface area contributed by atoms with E-state index >= 15 is 0 Å². The molecule has 3 aromatic rings. The third-order valence-electron chi connectivity index (χ3n) is 5.01. The number of hydrogen-bond donors (Lipinski definition) is 1. The molecule has 27 heavy (non-hydrogen) atoms. The highest BCUT2D eigenvalue weighted by atomic mass is 16.1. The van der Waals surface area contributed by atoms with Crippen LogP contribution in [0.3, 0.4) is 0 Å². The lowest BCUT2D eigenvalue weighted by Crippen LogP contribution is -2.28. The van der Waals surface area contributed by atoms with Crippen molar-refractivity contribution in [3.8, 4) is 0 Å². The van der Waals surface area contributed by atoms with Crippen LogP contribution in [-0.4, -0.2) is 37.0 Å². The van der Waals surface area contributed by atoms with E-state index in [1.165, 1.54) is 12.8 Å². The predicted octanol–water partition coefficient (Wildman–Crippen LogP) is 2.45. The van der Waals surface area contributed by atoms with Gasteiger partial charge in [0.2, 0.25) is 0 Å². The zero-order valence-corrected chi connectivity index (χ0v) is 15.7. The fourth-order valence-corrected chi connectivity index (χ4v) is 3.41. The maximum absolute atomic E-state index is 12.7. The summed E-state index contributed by atoms with van der Waals surface area (Å²) in [4.78, 5) is 12.7. The van der Waals surface area contributed by atoms with E-state index in [0.29, 0.717) is 31.1 Å². The van der Waals surface area contributed by atoms with Crippen molar-refractivity contribution in [2.75, 3.05) is 6.54 Å². The summed E-state index contributed by atoms with van der Waals surface area (Å²) in [6.07, 6.45) is 4.11. The molecule has 1 fully saturated rings. The van der Waals surface area contributed by atoms with Crippen LogP contribution in [0.4, 0.5) is 0 Å². The van der Waals surface area contributed by atoms with Crippen molar-refractivity contribution in [3.63, 3.8) is 0 Å². The van der Waals surface area contributed by atoms with E-state index in [4.69, 9.17) is 0 Å². The van der Waals surface area contributed by atoms with Crippen LogP contribution in [0, 0.1) is 13.8 Å². The number of amides is 1. The molecular formula is C20H24N6O. The lowest BCUT2D eigenvalue weighted by atomic mass is 10.1. The van der Waals surface area contributed by atoms with Gasteiger partial charge in [-0.3, -0.25) is 9.48 Å². The van der Waals surface area contributed by atoms with Gasteiger partial charge < -0.3 is 9.88 Å². The minimum absolute atomic E-state index is 0.0784. The Morgan fingerprint density at radius 2 is 2.00 bits per heavy atom. The SMILES string of the molecule is Cc1nn(Cc2ccccc2)c(C)c1C(=O)NCCn1cnnc1C1CC1. The number of carbonyl (C=O) groups excluding carboxylic acids is 1. The molecule has 4 rings (SSSR count). The molecule has 0 aliphatic heterocycles. The van der Waals surface area contributed by atoms with Crippen molar-refractivity contribution < 1.29 is 4.79 Å². The molecule has 2 aromatic heterocycles. The first-order valence-corrected chi connectivity index (χ1v) is 9.37. The maximum atomic E-state index is 12.7. The molecule has 0 atom stereocenters. The first-order valence-electron chi connectivity index (χ1n) is 9.37. The molecule has 140 valence electrons. The molecule has 1 aliphatic rings. The van der Waals surface area contributed by atoms with E-state index in [1.54, 1.807) is 6.33 Å². The number of hydrogen-bond acceptors (Lipinski definition) is 4. The van der Waals surface area contributed by atoms with Crippen molar-refractivity contribution in [2.45, 2.75) is 45.7 Å². The van der Waals surface area contributed by atoms with Gasteiger partial charge in [-0.1, -0.05) is 30.3 Å². The van der Waals surface area contributed by atoms with E-state index in [1.807, 2.05) is 41.3 Å². The molecule has 1 amide bonds. The van der Waals surface area contributed by atoms with Crippen molar-refractivity contribution in [1.82, 2.24) is 29.9 Å². The Morgan fingerprint density at radius 1 is 1.22 bits per heavy atom. The summed E-state index contributed by atoms with van der Waals surface area (Å²) in [7, 11) is 0. The van der Waals surface area contributed by atoms with Crippen molar-refractivity contribution in [2.24, 2.45) is 0 Å². The van der Waals surface area contributed by atoms with Gasteiger partial charge in [-0.05, 0) is 32.3 Å². The van der Waals surface area contributed by atoms with Crippen LogP contribution < -0.4 is 5.32 Å². The van der Waals surface area contributed by atoms with E-state index in [-0.39, 0.29) is 5.91 Å². The molecule has 0 radical (unpaired) electrons. The molecule has 1 saturated carbocycles. The van der Waals surface area contributed by atoms with E-state index < -0.39 is 0 Å². The topological polar surface area (TPSA) is 77.6 Å². The molecular weight excluding hydrogens is 340 g/mol. The van der Waals surface area contributed by atoms with Crippen LogP contribution in [0.25, 0.3) is 0 Å². The molecule has 1 N–H and O–H groups in total. The van der Waals surface area contributed by atoms with E-state index in [9.17, 15) is 4.79 Å². The van der Waals surface area contributed by atoms with Crippen molar-refractivity contribution >= 4 is 5.91 Å². The van der Waals surface area contributed by atoms with Gasteiger partial charge in [0, 0.05) is 24.7 Å². The van der Waals surface area contributed by atoms with Crippen LogP contribution in [-0.2, 0) is 13.1 Å². The van der Waals surface area contributed by atoms with Crippen LogP contribution >= 0.6 is 0 Å². The van der Waals surface area contributed by atoms with E-state index in [0.717, 1.165) is 22.8 Å². The molecule has 0 unspecified atom stereocenters. The van der Waals surface area contributed by atoms with Crippen LogP contribution in [0.1, 0.15) is 51.9 Å². The second kappa shape index (κ2) is 7.34. The highest BCUT2D eigenvalue weighted by Crippen LogP contribution is 2.38. The number of aryl methyl sites for hydroxylation is 1. The van der Waals surface area contributed by atoms with Crippen LogP contribution in [0.2, 0.25) is 0 Å². The predicted molar refractivity (Wildman–Crippen MR) is 102 cm³/mol. The monoisotopic (exact) mass is 364 g/mol. The van der Waals surface area contributed by atoms with Gasteiger partial charge in [-0.25, -0.2) is 0 Å². The first kappa shape index (κ1) is 17.5. The second-order valence-corrected chi connectivity index (χ2v) is 7.10. The largest absolute Gasteiger partial charge is 0.350 e. The lowest BCUT2D eigenvalue weighted by Gasteiger charge is -2.09. The summed E-state index contributed by atoms with van der Waals surface area (Å²) >= 11 is 0. The minimum Gasteiger partial charge on any atom is -0.350 e. The molecule has 7 heteroatoms. The van der Waals surface area contributed by atoms with Gasteiger partial charge >= 0.3 is 0 Å². The number of nitrogens with zero attached hydrogens (tertiary/aromatic N) is 5. The van der Waals surface area contributed by atoms with Gasteiger partial charge in [-0.15, -0.1) is 10.2 Å². The Kier molecular flexibility index (Phi) is 4.75. The second-order valence-electron chi connectivity index (χ2n) is 7.10. The summed E-state index contributed by atoms with van der Waals surface area (Å²) < 4.78 is 3.93. The quantitative estimate of drug-likeness (QED) is 0.698. The Labute approximate surface area is 158 Å². The summed E-state index contributed by atoms with van der Waals surface area (Å²) in [6.45, 7) is 5.71. The third-order valence-corrected chi connectivity index (χ3v) is 5.01. The number of benzene rings is 1. The van der Waals surface area contributed by atoms with Crippen molar-refractivity contribution in [1.29, 1.82) is 0 Å². The number of nitrogens with one attached hydrogen (secondary N) is 1. The van der Waals surface area contributed by atoms with Gasteiger partial charge in [0.1, 0.15) is 12.2 Å².